The molecule has 2 aliphatic rings. The molecule has 0 radical (unpaired) electrons. The van der Waals surface area contributed by atoms with Crippen molar-refractivity contribution >= 4 is 23.5 Å². The van der Waals surface area contributed by atoms with Gasteiger partial charge in [0.15, 0.2) is 0 Å². The van der Waals surface area contributed by atoms with E-state index in [0.29, 0.717) is 36.6 Å². The van der Waals surface area contributed by atoms with Crippen LogP contribution in [0, 0.1) is 11.8 Å². The minimum absolute atomic E-state index is 0.0287. The molecule has 2 amide bonds. The van der Waals surface area contributed by atoms with E-state index < -0.39 is 5.97 Å². The summed E-state index contributed by atoms with van der Waals surface area (Å²) in [6.07, 6.45) is 1.54. The molecule has 1 heterocycles. The van der Waals surface area contributed by atoms with E-state index in [2.05, 4.69) is 17.1 Å². The Morgan fingerprint density at radius 3 is 2.55 bits per heavy atom. The van der Waals surface area contributed by atoms with Crippen molar-refractivity contribution in [3.8, 4) is 5.75 Å². The van der Waals surface area contributed by atoms with Crippen LogP contribution >= 0.6 is 0 Å². The number of carbonyl (C=O) groups excluding carboxylic acids is 2. The molecule has 4 rings (SSSR count). The van der Waals surface area contributed by atoms with Gasteiger partial charge < -0.3 is 24.8 Å². The Hall–Kier alpha value is -3.43. The molecular formula is C29H37N3O6. The number of benzene rings is 2. The molecule has 0 bridgehead atoms. The maximum absolute atomic E-state index is 13.5. The highest BCUT2D eigenvalue weighted by Crippen LogP contribution is 2.32. The SMILES string of the molecule is CO[C@@H]1CN(C)C(=O)c2cc(NC(=O)C3CC3)ccc2OC[C@@H](C)N(Cc2ccccc2C(=O)O)C[C@H]1C. The summed E-state index contributed by atoms with van der Waals surface area (Å²) in [5, 5.41) is 12.6. The van der Waals surface area contributed by atoms with Gasteiger partial charge in [-0.2, -0.15) is 0 Å². The monoisotopic (exact) mass is 523 g/mol. The van der Waals surface area contributed by atoms with Crippen LogP contribution in [0.25, 0.3) is 0 Å². The number of aromatic carboxylic acids is 1. The number of methoxy groups -OCH3 is 1. The van der Waals surface area contributed by atoms with Crippen molar-refractivity contribution in [3.63, 3.8) is 0 Å². The molecule has 38 heavy (non-hydrogen) atoms. The zero-order chi connectivity index (χ0) is 27.4. The predicted octanol–water partition coefficient (Wildman–Crippen LogP) is 3.74. The summed E-state index contributed by atoms with van der Waals surface area (Å²) < 4.78 is 12.0. The highest BCUT2D eigenvalue weighted by Gasteiger charge is 2.31. The van der Waals surface area contributed by atoms with Crippen LogP contribution in [0.15, 0.2) is 42.5 Å². The van der Waals surface area contributed by atoms with E-state index >= 15 is 0 Å². The second kappa shape index (κ2) is 12.0. The number of anilines is 1. The van der Waals surface area contributed by atoms with Crippen LogP contribution in [-0.2, 0) is 16.1 Å². The summed E-state index contributed by atoms with van der Waals surface area (Å²) in [7, 11) is 3.37. The number of carboxylic acid groups (broad SMARTS) is 1. The summed E-state index contributed by atoms with van der Waals surface area (Å²) in [5.41, 5.74) is 1.94. The maximum atomic E-state index is 13.5. The number of carboxylic acids is 1. The second-order valence-corrected chi connectivity index (χ2v) is 10.5. The number of nitrogens with one attached hydrogen (secondary N) is 1. The van der Waals surface area contributed by atoms with Crippen molar-refractivity contribution in [3.05, 3.63) is 59.2 Å². The summed E-state index contributed by atoms with van der Waals surface area (Å²) in [6.45, 7) is 5.81. The van der Waals surface area contributed by atoms with Crippen LogP contribution in [0.1, 0.15) is 53.0 Å². The van der Waals surface area contributed by atoms with Gasteiger partial charge in [-0.05, 0) is 55.5 Å². The van der Waals surface area contributed by atoms with Gasteiger partial charge in [0, 0.05) is 51.4 Å². The first-order chi connectivity index (χ1) is 18.2. The van der Waals surface area contributed by atoms with Crippen molar-refractivity contribution in [2.75, 3.05) is 39.2 Å². The highest BCUT2D eigenvalue weighted by molar-refractivity contribution is 6.00. The first-order valence-electron chi connectivity index (χ1n) is 13.1. The van der Waals surface area contributed by atoms with Crippen LogP contribution in [0.2, 0.25) is 0 Å². The molecule has 9 heteroatoms. The molecule has 204 valence electrons. The number of nitrogens with zero attached hydrogens (tertiary/aromatic N) is 2. The smallest absolute Gasteiger partial charge is 0.336 e. The van der Waals surface area contributed by atoms with Crippen molar-refractivity contribution < 1.29 is 29.0 Å². The normalized spacial score (nSPS) is 23.0. The fraction of sp³-hybridized carbons (Fsp3) is 0.483. The van der Waals surface area contributed by atoms with Gasteiger partial charge in [0.1, 0.15) is 12.4 Å². The Morgan fingerprint density at radius 1 is 1.13 bits per heavy atom. The predicted molar refractivity (Wildman–Crippen MR) is 143 cm³/mol. The Labute approximate surface area is 223 Å². The topological polar surface area (TPSA) is 108 Å². The lowest BCUT2D eigenvalue weighted by Gasteiger charge is -2.36. The Morgan fingerprint density at radius 2 is 1.87 bits per heavy atom. The molecular weight excluding hydrogens is 486 g/mol. The van der Waals surface area contributed by atoms with E-state index in [-0.39, 0.29) is 48.0 Å². The number of amides is 2. The molecule has 2 N–H and O–H groups in total. The molecule has 3 atom stereocenters. The number of ether oxygens (including phenoxy) is 2. The largest absolute Gasteiger partial charge is 0.491 e. The standard InChI is InChI=1S/C29H37N3O6/c1-18-14-32(15-21-7-5-6-8-23(21)29(35)36)19(2)17-38-25-12-11-22(30-27(33)20-9-10-20)13-24(25)28(34)31(3)16-26(18)37-4/h5-8,11-13,18-20,26H,9-10,14-17H2,1-4H3,(H,30,33)(H,35,36)/t18-,19-,26-/m1/s1. The molecule has 2 aromatic carbocycles. The highest BCUT2D eigenvalue weighted by atomic mass is 16.5. The molecule has 0 unspecified atom stereocenters. The zero-order valence-electron chi connectivity index (χ0n) is 22.5. The Bertz CT molecular complexity index is 1180. The van der Waals surface area contributed by atoms with Gasteiger partial charge in [-0.3, -0.25) is 14.5 Å². The number of hydrogen-bond acceptors (Lipinski definition) is 6. The van der Waals surface area contributed by atoms with Gasteiger partial charge >= 0.3 is 5.97 Å². The van der Waals surface area contributed by atoms with E-state index in [0.717, 1.165) is 18.4 Å². The molecule has 1 saturated carbocycles. The number of likely N-dealkylation sites (N-methyl/N-ethyl adjacent to an activating group) is 1. The van der Waals surface area contributed by atoms with E-state index in [1.54, 1.807) is 49.4 Å². The average Bonchev–Trinajstić information content (AvgIpc) is 3.75. The number of carbonyl (C=O) groups is 3. The number of hydrogen-bond donors (Lipinski definition) is 2. The fourth-order valence-electron chi connectivity index (χ4n) is 4.83. The van der Waals surface area contributed by atoms with E-state index in [4.69, 9.17) is 9.47 Å². The van der Waals surface area contributed by atoms with Crippen molar-refractivity contribution in [1.29, 1.82) is 0 Å². The third kappa shape index (κ3) is 6.52. The minimum Gasteiger partial charge on any atom is -0.491 e. The average molecular weight is 524 g/mol. The van der Waals surface area contributed by atoms with Crippen molar-refractivity contribution in [2.24, 2.45) is 11.8 Å². The van der Waals surface area contributed by atoms with Gasteiger partial charge in [-0.15, -0.1) is 0 Å². The van der Waals surface area contributed by atoms with Gasteiger partial charge in [0.05, 0.1) is 17.2 Å². The lowest BCUT2D eigenvalue weighted by molar-refractivity contribution is -0.117. The molecule has 1 aliphatic heterocycles. The van der Waals surface area contributed by atoms with Crippen LogP contribution in [0.3, 0.4) is 0 Å². The second-order valence-electron chi connectivity index (χ2n) is 10.5. The van der Waals surface area contributed by atoms with Crippen LogP contribution in [0.4, 0.5) is 5.69 Å². The zero-order valence-corrected chi connectivity index (χ0v) is 22.5. The molecule has 0 saturated heterocycles. The maximum Gasteiger partial charge on any atom is 0.336 e. The first-order valence-corrected chi connectivity index (χ1v) is 13.1. The van der Waals surface area contributed by atoms with Crippen molar-refractivity contribution in [2.45, 2.75) is 45.4 Å². The quantitative estimate of drug-likeness (QED) is 0.594. The van der Waals surface area contributed by atoms with Crippen LogP contribution in [-0.4, -0.2) is 78.7 Å². The number of rotatable bonds is 6. The van der Waals surface area contributed by atoms with Crippen LogP contribution < -0.4 is 10.1 Å². The van der Waals surface area contributed by atoms with Gasteiger partial charge in [-0.1, -0.05) is 25.1 Å². The number of fused-ring (bicyclic) bond motifs is 1. The van der Waals surface area contributed by atoms with Crippen LogP contribution in [0.5, 0.6) is 5.75 Å². The fourth-order valence-corrected chi connectivity index (χ4v) is 4.83. The summed E-state index contributed by atoms with van der Waals surface area (Å²) in [5.74, 6) is -0.673. The molecule has 1 aliphatic carbocycles. The minimum atomic E-state index is -0.958. The molecule has 0 spiro atoms. The van der Waals surface area contributed by atoms with Crippen molar-refractivity contribution in [1.82, 2.24) is 9.80 Å². The molecule has 0 aromatic heterocycles. The summed E-state index contributed by atoms with van der Waals surface area (Å²) in [4.78, 5) is 41.5. The molecule has 9 nitrogen and oxygen atoms in total. The van der Waals surface area contributed by atoms with E-state index in [1.807, 2.05) is 19.1 Å². The first kappa shape index (κ1) is 27.6. The third-order valence-corrected chi connectivity index (χ3v) is 7.41. The van der Waals surface area contributed by atoms with Gasteiger partial charge in [0.2, 0.25) is 5.91 Å². The summed E-state index contributed by atoms with van der Waals surface area (Å²) in [6, 6.07) is 12.1. The summed E-state index contributed by atoms with van der Waals surface area (Å²) >= 11 is 0. The lowest BCUT2D eigenvalue weighted by Crippen LogP contribution is -2.46. The Balaban J connectivity index is 1.64. The van der Waals surface area contributed by atoms with Gasteiger partial charge in [-0.25, -0.2) is 4.79 Å². The van der Waals surface area contributed by atoms with Gasteiger partial charge in [0.25, 0.3) is 5.91 Å². The Kier molecular flexibility index (Phi) is 8.69. The molecule has 1 fully saturated rings. The third-order valence-electron chi connectivity index (χ3n) is 7.41. The van der Waals surface area contributed by atoms with E-state index in [9.17, 15) is 19.5 Å². The van der Waals surface area contributed by atoms with E-state index in [1.165, 1.54) is 0 Å². The molecule has 2 aromatic rings. The lowest BCUT2D eigenvalue weighted by atomic mass is 10.00.